The van der Waals surface area contributed by atoms with Gasteiger partial charge in [-0.1, -0.05) is 0 Å². The molecule has 0 aromatic rings. The molecule has 2 rings (SSSR count). The molecule has 0 aromatic heterocycles. The fourth-order valence-electron chi connectivity index (χ4n) is 2.47. The van der Waals surface area contributed by atoms with E-state index in [4.69, 9.17) is 0 Å². The van der Waals surface area contributed by atoms with Crippen molar-refractivity contribution in [3.63, 3.8) is 0 Å². The fraction of sp³-hybridized carbons (Fsp3) is 0.900. The number of nitrogens with one attached hydrogen (secondary N) is 1. The monoisotopic (exact) mass is 198 g/mol. The van der Waals surface area contributed by atoms with E-state index in [9.17, 15) is 9.90 Å². The number of aliphatic hydroxyl groups is 1. The molecule has 0 aromatic carbocycles. The summed E-state index contributed by atoms with van der Waals surface area (Å²) in [4.78, 5) is 13.7. The first-order chi connectivity index (χ1) is 6.54. The highest BCUT2D eigenvalue weighted by atomic mass is 16.3. The molecule has 80 valence electrons. The second-order valence-electron chi connectivity index (χ2n) is 4.68. The highest BCUT2D eigenvalue weighted by Crippen LogP contribution is 2.34. The molecule has 0 bridgehead atoms. The van der Waals surface area contributed by atoms with E-state index in [1.807, 2.05) is 13.8 Å². The van der Waals surface area contributed by atoms with Gasteiger partial charge in [0.25, 0.3) is 0 Å². The van der Waals surface area contributed by atoms with Gasteiger partial charge in [0.05, 0.1) is 12.5 Å². The molecule has 0 unspecified atom stereocenters. The van der Waals surface area contributed by atoms with Gasteiger partial charge in [0.2, 0.25) is 5.91 Å². The summed E-state index contributed by atoms with van der Waals surface area (Å²) in [5.74, 6) is -0.0462. The Morgan fingerprint density at radius 1 is 1.64 bits per heavy atom. The van der Waals surface area contributed by atoms with E-state index in [0.717, 1.165) is 13.0 Å². The van der Waals surface area contributed by atoms with Crippen LogP contribution in [-0.4, -0.2) is 47.2 Å². The van der Waals surface area contributed by atoms with Crippen LogP contribution in [0.2, 0.25) is 0 Å². The largest absolute Gasteiger partial charge is 0.386 e. The summed E-state index contributed by atoms with van der Waals surface area (Å²) in [6.45, 7) is 5.86. The molecule has 2 N–H and O–H groups in total. The Morgan fingerprint density at radius 2 is 2.36 bits per heavy atom. The zero-order valence-corrected chi connectivity index (χ0v) is 8.79. The van der Waals surface area contributed by atoms with E-state index in [2.05, 4.69) is 5.32 Å². The van der Waals surface area contributed by atoms with E-state index in [1.54, 1.807) is 4.90 Å². The summed E-state index contributed by atoms with van der Waals surface area (Å²) in [5.41, 5.74) is -0.820. The average Bonchev–Trinajstić information content (AvgIpc) is 2.39. The Hall–Kier alpha value is -0.610. The van der Waals surface area contributed by atoms with Gasteiger partial charge in [-0.3, -0.25) is 4.79 Å². The minimum Gasteiger partial charge on any atom is -0.386 e. The predicted octanol–water partition coefficient (Wildman–Crippen LogP) is -0.422. The number of β-amino-alcohol motifs (C(OH)–C–C–N with tert-alkyl or cyclic N) is 1. The van der Waals surface area contributed by atoms with Crippen molar-refractivity contribution >= 4 is 5.91 Å². The van der Waals surface area contributed by atoms with Crippen molar-refractivity contribution in [2.24, 2.45) is 5.92 Å². The topological polar surface area (TPSA) is 52.6 Å². The standard InChI is InChI=1S/C10H18N2O2/c1-7(2)12-6-10(14)5-11-4-3-8(10)9(12)13/h7-8,11,14H,3-6H2,1-2H3/t8-,10-/m1/s1. The maximum atomic E-state index is 11.9. The summed E-state index contributed by atoms with van der Waals surface area (Å²) >= 11 is 0. The van der Waals surface area contributed by atoms with Crippen LogP contribution >= 0.6 is 0 Å². The number of likely N-dealkylation sites (tertiary alicyclic amines) is 1. The Bertz CT molecular complexity index is 255. The molecule has 4 heteroatoms. The predicted molar refractivity (Wildman–Crippen MR) is 52.8 cm³/mol. The molecule has 2 atom stereocenters. The Kier molecular flexibility index (Phi) is 2.27. The van der Waals surface area contributed by atoms with Crippen LogP contribution in [0.5, 0.6) is 0 Å². The highest BCUT2D eigenvalue weighted by Gasteiger charge is 2.52. The first kappa shape index (κ1) is 9.93. The first-order valence-electron chi connectivity index (χ1n) is 5.28. The number of piperidine rings is 1. The highest BCUT2D eigenvalue weighted by molar-refractivity contribution is 5.83. The lowest BCUT2D eigenvalue weighted by molar-refractivity contribution is -0.134. The average molecular weight is 198 g/mol. The molecule has 14 heavy (non-hydrogen) atoms. The summed E-state index contributed by atoms with van der Waals surface area (Å²) in [6, 6.07) is 0.192. The molecule has 0 aliphatic carbocycles. The first-order valence-corrected chi connectivity index (χ1v) is 5.28. The minimum atomic E-state index is -0.820. The molecular weight excluding hydrogens is 180 g/mol. The number of fused-ring (bicyclic) bond motifs is 1. The lowest BCUT2D eigenvalue weighted by atomic mass is 9.85. The SMILES string of the molecule is CC(C)N1C[C@]2(O)CNCC[C@@H]2C1=O. The molecule has 2 saturated heterocycles. The van der Waals surface area contributed by atoms with Gasteiger partial charge in [0.1, 0.15) is 5.60 Å². The number of hydrogen-bond acceptors (Lipinski definition) is 3. The molecule has 0 spiro atoms. The maximum Gasteiger partial charge on any atom is 0.229 e. The zero-order valence-electron chi connectivity index (χ0n) is 8.79. The quantitative estimate of drug-likeness (QED) is 0.601. The van der Waals surface area contributed by atoms with Crippen LogP contribution in [-0.2, 0) is 4.79 Å². The van der Waals surface area contributed by atoms with Crippen molar-refractivity contribution in [2.45, 2.75) is 31.9 Å². The van der Waals surface area contributed by atoms with Gasteiger partial charge >= 0.3 is 0 Å². The van der Waals surface area contributed by atoms with Crippen molar-refractivity contribution in [1.82, 2.24) is 10.2 Å². The number of rotatable bonds is 1. The summed E-state index contributed by atoms with van der Waals surface area (Å²) in [5, 5.41) is 13.4. The maximum absolute atomic E-state index is 11.9. The molecule has 4 nitrogen and oxygen atoms in total. The van der Waals surface area contributed by atoms with Gasteiger partial charge in [-0.05, 0) is 26.8 Å². The van der Waals surface area contributed by atoms with E-state index >= 15 is 0 Å². The third kappa shape index (κ3) is 1.33. The van der Waals surface area contributed by atoms with Crippen molar-refractivity contribution < 1.29 is 9.90 Å². The number of carbonyl (C=O) groups excluding carboxylic acids is 1. The van der Waals surface area contributed by atoms with Crippen LogP contribution < -0.4 is 5.32 Å². The van der Waals surface area contributed by atoms with Crippen LogP contribution in [0.25, 0.3) is 0 Å². The van der Waals surface area contributed by atoms with Gasteiger partial charge in [-0.15, -0.1) is 0 Å². The molecule has 2 aliphatic rings. The third-order valence-corrected chi connectivity index (χ3v) is 3.34. The molecule has 2 fully saturated rings. The summed E-state index contributed by atoms with van der Waals surface area (Å²) < 4.78 is 0. The number of hydrogen-bond donors (Lipinski definition) is 2. The number of amides is 1. The van der Waals surface area contributed by atoms with Crippen molar-refractivity contribution in [3.05, 3.63) is 0 Å². The molecule has 0 radical (unpaired) electrons. The third-order valence-electron chi connectivity index (χ3n) is 3.34. The van der Waals surface area contributed by atoms with Crippen LogP contribution in [0.4, 0.5) is 0 Å². The Labute approximate surface area is 84.3 Å². The molecule has 2 aliphatic heterocycles. The van der Waals surface area contributed by atoms with Crippen LogP contribution in [0.1, 0.15) is 20.3 Å². The molecule has 2 heterocycles. The minimum absolute atomic E-state index is 0.129. The van der Waals surface area contributed by atoms with Gasteiger partial charge in [-0.2, -0.15) is 0 Å². The summed E-state index contributed by atoms with van der Waals surface area (Å²) in [6.07, 6.45) is 0.762. The summed E-state index contributed by atoms with van der Waals surface area (Å²) in [7, 11) is 0. The van der Waals surface area contributed by atoms with Gasteiger partial charge in [0.15, 0.2) is 0 Å². The van der Waals surface area contributed by atoms with Gasteiger partial charge < -0.3 is 15.3 Å². The van der Waals surface area contributed by atoms with Gasteiger partial charge in [0, 0.05) is 12.6 Å². The van der Waals surface area contributed by atoms with E-state index < -0.39 is 5.60 Å². The van der Waals surface area contributed by atoms with Crippen LogP contribution in [0.15, 0.2) is 0 Å². The van der Waals surface area contributed by atoms with Crippen molar-refractivity contribution in [3.8, 4) is 0 Å². The van der Waals surface area contributed by atoms with Crippen molar-refractivity contribution in [1.29, 1.82) is 0 Å². The second kappa shape index (κ2) is 3.21. The molecule has 0 saturated carbocycles. The van der Waals surface area contributed by atoms with Crippen LogP contribution in [0, 0.1) is 5.92 Å². The molecule has 1 amide bonds. The smallest absolute Gasteiger partial charge is 0.229 e. The van der Waals surface area contributed by atoms with Crippen molar-refractivity contribution in [2.75, 3.05) is 19.6 Å². The van der Waals surface area contributed by atoms with E-state index in [1.165, 1.54) is 0 Å². The zero-order chi connectivity index (χ0) is 10.3. The van der Waals surface area contributed by atoms with Gasteiger partial charge in [-0.25, -0.2) is 0 Å². The lowest BCUT2D eigenvalue weighted by Crippen LogP contribution is -2.52. The lowest BCUT2D eigenvalue weighted by Gasteiger charge is -2.32. The number of nitrogens with zero attached hydrogens (tertiary/aromatic N) is 1. The molecular formula is C10H18N2O2. The van der Waals surface area contributed by atoms with E-state index in [0.29, 0.717) is 13.1 Å². The second-order valence-corrected chi connectivity index (χ2v) is 4.68. The number of carbonyl (C=O) groups is 1. The fourth-order valence-corrected chi connectivity index (χ4v) is 2.47. The Balaban J connectivity index is 2.21. The van der Waals surface area contributed by atoms with E-state index in [-0.39, 0.29) is 17.9 Å². The Morgan fingerprint density at radius 3 is 2.93 bits per heavy atom. The van der Waals surface area contributed by atoms with Crippen LogP contribution in [0.3, 0.4) is 0 Å². The normalized spacial score (nSPS) is 37.9.